The van der Waals surface area contributed by atoms with Crippen molar-refractivity contribution < 1.29 is 19.4 Å². The fourth-order valence-electron chi connectivity index (χ4n) is 4.84. The Morgan fingerprint density at radius 1 is 0.974 bits per heavy atom. The molecule has 1 saturated heterocycles. The van der Waals surface area contributed by atoms with Crippen LogP contribution in [0.1, 0.15) is 41.0 Å². The Kier molecular flexibility index (Phi) is 6.24. The number of nitrogens with two attached hydrogens (primary N) is 1. The topological polar surface area (TPSA) is 157 Å². The number of anilines is 2. The number of hydrogen-bond donors (Lipinski definition) is 4. The Bertz CT molecular complexity index is 1500. The lowest BCUT2D eigenvalue weighted by Crippen LogP contribution is -2.29. The lowest BCUT2D eigenvalue weighted by atomic mass is 9.91. The normalized spacial score (nSPS) is 21.4. The largest absolute Gasteiger partial charge is 0.443 e. The van der Waals surface area contributed by atoms with Crippen molar-refractivity contribution in [1.29, 1.82) is 0 Å². The lowest BCUT2D eigenvalue weighted by molar-refractivity contribution is -0.0438. The van der Waals surface area contributed by atoms with Crippen LogP contribution in [0.3, 0.4) is 0 Å². The summed E-state index contributed by atoms with van der Waals surface area (Å²) >= 11 is 0. The molecule has 194 valence electrons. The lowest BCUT2D eigenvalue weighted by Gasteiger charge is -2.20. The van der Waals surface area contributed by atoms with Gasteiger partial charge in [0.15, 0.2) is 29.3 Å². The number of benzene rings is 2. The maximum absolute atomic E-state index is 10.8. The number of nitrogens with zero attached hydrogens (tertiary/aromatic N) is 5. The standard InChI is InChI=1S/C27H27N7O4/c1-15-12-30-25(37-15)22-20(35)21(36)26(38-22)34-14-31-19-23(32-27(28)33-24(19)34)29-13-18(16-8-4-2-5-9-16)17-10-6-3-7-11-17/h2-12,14,18,20-22,26,35-36H,13H2,1H3,(H3,28,29,32,33)/t20-,21+,22?,26?/m0/s1. The van der Waals surface area contributed by atoms with Gasteiger partial charge in [-0.25, -0.2) is 9.97 Å². The van der Waals surface area contributed by atoms with Gasteiger partial charge in [0.05, 0.1) is 12.5 Å². The third kappa shape index (κ3) is 4.36. The molecule has 0 amide bonds. The molecule has 1 fully saturated rings. The summed E-state index contributed by atoms with van der Waals surface area (Å²) < 4.78 is 13.0. The van der Waals surface area contributed by atoms with Gasteiger partial charge in [-0.05, 0) is 18.1 Å². The Balaban J connectivity index is 1.30. The molecule has 1 aliphatic heterocycles. The summed E-state index contributed by atoms with van der Waals surface area (Å²) in [5, 5.41) is 24.9. The molecule has 3 aromatic heterocycles. The van der Waals surface area contributed by atoms with Gasteiger partial charge in [0.2, 0.25) is 11.8 Å². The number of aromatic nitrogens is 5. The molecule has 2 unspecified atom stereocenters. The number of oxazole rings is 1. The van der Waals surface area contributed by atoms with Crippen LogP contribution in [0.25, 0.3) is 11.2 Å². The summed E-state index contributed by atoms with van der Waals surface area (Å²) in [7, 11) is 0. The number of nitrogen functional groups attached to an aromatic ring is 1. The van der Waals surface area contributed by atoms with E-state index in [0.717, 1.165) is 11.1 Å². The molecular formula is C27H27N7O4. The van der Waals surface area contributed by atoms with Crippen LogP contribution in [0.5, 0.6) is 0 Å². The molecule has 0 radical (unpaired) electrons. The van der Waals surface area contributed by atoms with Crippen LogP contribution in [0, 0.1) is 6.92 Å². The van der Waals surface area contributed by atoms with Crippen LogP contribution in [0.15, 0.2) is 77.6 Å². The van der Waals surface area contributed by atoms with Gasteiger partial charge in [-0.2, -0.15) is 9.97 Å². The molecule has 0 bridgehead atoms. The van der Waals surface area contributed by atoms with E-state index in [9.17, 15) is 10.2 Å². The highest BCUT2D eigenvalue weighted by Crippen LogP contribution is 2.40. The van der Waals surface area contributed by atoms with Crippen LogP contribution in [0.2, 0.25) is 0 Å². The third-order valence-electron chi connectivity index (χ3n) is 6.71. The van der Waals surface area contributed by atoms with E-state index in [1.807, 2.05) is 36.4 Å². The van der Waals surface area contributed by atoms with Gasteiger partial charge < -0.3 is 30.4 Å². The van der Waals surface area contributed by atoms with Gasteiger partial charge in [0.1, 0.15) is 18.0 Å². The molecule has 4 atom stereocenters. The maximum atomic E-state index is 10.8. The maximum Gasteiger partial charge on any atom is 0.226 e. The van der Waals surface area contributed by atoms with E-state index in [4.69, 9.17) is 14.9 Å². The Morgan fingerprint density at radius 3 is 2.29 bits per heavy atom. The predicted molar refractivity (Wildman–Crippen MR) is 139 cm³/mol. The molecule has 2 aromatic carbocycles. The van der Waals surface area contributed by atoms with E-state index < -0.39 is 24.5 Å². The highest BCUT2D eigenvalue weighted by atomic mass is 16.6. The minimum absolute atomic E-state index is 0.0330. The molecule has 38 heavy (non-hydrogen) atoms. The van der Waals surface area contributed by atoms with E-state index in [1.165, 1.54) is 17.1 Å². The number of ether oxygens (including phenoxy) is 1. The van der Waals surface area contributed by atoms with Crippen molar-refractivity contribution in [3.05, 3.63) is 96.0 Å². The molecule has 5 aromatic rings. The number of imidazole rings is 1. The smallest absolute Gasteiger partial charge is 0.226 e. The van der Waals surface area contributed by atoms with Crippen molar-refractivity contribution in [1.82, 2.24) is 24.5 Å². The second kappa shape index (κ2) is 9.86. The van der Waals surface area contributed by atoms with Gasteiger partial charge >= 0.3 is 0 Å². The zero-order valence-electron chi connectivity index (χ0n) is 20.5. The second-order valence-corrected chi connectivity index (χ2v) is 9.25. The predicted octanol–water partition coefficient (Wildman–Crippen LogP) is 2.94. The number of aliphatic hydroxyl groups is 2. The van der Waals surface area contributed by atoms with Crippen molar-refractivity contribution in [2.24, 2.45) is 0 Å². The van der Waals surface area contributed by atoms with E-state index in [1.54, 1.807) is 6.92 Å². The average molecular weight is 514 g/mol. The number of aliphatic hydroxyl groups excluding tert-OH is 2. The summed E-state index contributed by atoms with van der Waals surface area (Å²) in [6, 6.07) is 20.4. The fraction of sp³-hybridized carbons (Fsp3) is 0.259. The molecule has 0 aliphatic carbocycles. The van der Waals surface area contributed by atoms with Gasteiger partial charge in [-0.1, -0.05) is 60.7 Å². The minimum atomic E-state index is -1.28. The first-order chi connectivity index (χ1) is 18.5. The molecule has 11 heteroatoms. The minimum Gasteiger partial charge on any atom is -0.443 e. The first kappa shape index (κ1) is 24.0. The summed E-state index contributed by atoms with van der Waals surface area (Å²) in [6.45, 7) is 2.27. The molecule has 11 nitrogen and oxygen atoms in total. The fourth-order valence-corrected chi connectivity index (χ4v) is 4.84. The van der Waals surface area contributed by atoms with E-state index in [0.29, 0.717) is 29.3 Å². The third-order valence-corrected chi connectivity index (χ3v) is 6.71. The number of aryl methyl sites for hydroxylation is 1. The first-order valence-electron chi connectivity index (χ1n) is 12.3. The summed E-state index contributed by atoms with van der Waals surface area (Å²) in [5.41, 5.74) is 9.20. The Labute approximate surface area is 218 Å². The second-order valence-electron chi connectivity index (χ2n) is 9.25. The summed E-state index contributed by atoms with van der Waals surface area (Å²) in [5.74, 6) is 1.29. The first-order valence-corrected chi connectivity index (χ1v) is 12.3. The van der Waals surface area contributed by atoms with E-state index >= 15 is 0 Å². The zero-order valence-corrected chi connectivity index (χ0v) is 20.5. The van der Waals surface area contributed by atoms with E-state index in [2.05, 4.69) is 49.5 Å². The van der Waals surface area contributed by atoms with Crippen molar-refractivity contribution >= 4 is 22.9 Å². The van der Waals surface area contributed by atoms with Crippen molar-refractivity contribution in [3.8, 4) is 0 Å². The van der Waals surface area contributed by atoms with Crippen LogP contribution >= 0.6 is 0 Å². The van der Waals surface area contributed by atoms with Crippen LogP contribution < -0.4 is 11.1 Å². The van der Waals surface area contributed by atoms with Crippen molar-refractivity contribution in [2.45, 2.75) is 37.4 Å². The zero-order chi connectivity index (χ0) is 26.2. The number of nitrogens with one attached hydrogen (secondary N) is 1. The van der Waals surface area contributed by atoms with Crippen LogP contribution in [-0.2, 0) is 4.74 Å². The highest BCUT2D eigenvalue weighted by molar-refractivity contribution is 5.84. The molecule has 0 saturated carbocycles. The van der Waals surface area contributed by atoms with Gasteiger partial charge in [-0.15, -0.1) is 0 Å². The molecule has 1 aliphatic rings. The van der Waals surface area contributed by atoms with Crippen LogP contribution in [0.4, 0.5) is 11.8 Å². The molecule has 5 N–H and O–H groups in total. The Morgan fingerprint density at radius 2 is 1.66 bits per heavy atom. The summed E-state index contributed by atoms with van der Waals surface area (Å²) in [6.07, 6.45) is -1.46. The SMILES string of the molecule is Cc1cnc(C2OC(n3cnc4c(NCC(c5ccccc5)c5ccccc5)nc(N)nc43)[C@H](O)[C@@H]2O)o1. The van der Waals surface area contributed by atoms with Crippen molar-refractivity contribution in [2.75, 3.05) is 17.6 Å². The van der Waals surface area contributed by atoms with Crippen LogP contribution in [-0.4, -0.2) is 53.5 Å². The molecule has 6 rings (SSSR count). The highest BCUT2D eigenvalue weighted by Gasteiger charge is 2.47. The van der Waals surface area contributed by atoms with Gasteiger partial charge in [0.25, 0.3) is 0 Å². The number of hydrogen-bond acceptors (Lipinski definition) is 10. The number of fused-ring (bicyclic) bond motifs is 1. The molecule has 0 spiro atoms. The van der Waals surface area contributed by atoms with Crippen molar-refractivity contribution in [3.63, 3.8) is 0 Å². The van der Waals surface area contributed by atoms with Gasteiger partial charge in [-0.3, -0.25) is 4.57 Å². The van der Waals surface area contributed by atoms with Gasteiger partial charge in [0, 0.05) is 12.5 Å². The molecule has 4 heterocycles. The molecular weight excluding hydrogens is 486 g/mol. The summed E-state index contributed by atoms with van der Waals surface area (Å²) in [4.78, 5) is 17.4. The monoisotopic (exact) mass is 513 g/mol. The van der Waals surface area contributed by atoms with E-state index in [-0.39, 0.29) is 17.8 Å². The Hall–Kier alpha value is -4.32. The average Bonchev–Trinajstić information content (AvgIpc) is 3.63. The quantitative estimate of drug-likeness (QED) is 0.255. The number of rotatable bonds is 7.